The van der Waals surface area contributed by atoms with Gasteiger partial charge in [0.05, 0.1) is 17.9 Å². The summed E-state index contributed by atoms with van der Waals surface area (Å²) in [6.07, 6.45) is 5.32. The molecule has 0 spiro atoms. The second-order valence-corrected chi connectivity index (χ2v) is 7.79. The van der Waals surface area contributed by atoms with Crippen molar-refractivity contribution in [2.75, 3.05) is 0 Å². The fourth-order valence-corrected chi connectivity index (χ4v) is 3.41. The lowest BCUT2D eigenvalue weighted by Gasteiger charge is -2.07. The van der Waals surface area contributed by atoms with Gasteiger partial charge in [0.2, 0.25) is 11.8 Å². The van der Waals surface area contributed by atoms with E-state index in [1.54, 1.807) is 16.8 Å². The van der Waals surface area contributed by atoms with Crippen LogP contribution in [-0.2, 0) is 11.3 Å². The highest BCUT2D eigenvalue weighted by molar-refractivity contribution is 5.73. The van der Waals surface area contributed by atoms with E-state index in [1.165, 1.54) is 6.92 Å². The van der Waals surface area contributed by atoms with E-state index in [4.69, 9.17) is 9.98 Å². The summed E-state index contributed by atoms with van der Waals surface area (Å²) in [5, 5.41) is 17.8. The Kier molecular flexibility index (Phi) is 4.81. The molecule has 1 saturated carbocycles. The molecule has 5 rings (SSSR count). The fourth-order valence-electron chi connectivity index (χ4n) is 3.41. The molecule has 3 heterocycles. The number of imidazole rings is 1. The van der Waals surface area contributed by atoms with Crippen LogP contribution in [0.2, 0.25) is 0 Å². The third-order valence-electron chi connectivity index (χ3n) is 5.14. The Balaban J connectivity index is 1.67. The summed E-state index contributed by atoms with van der Waals surface area (Å²) in [4.78, 5) is 37.2. The lowest BCUT2D eigenvalue weighted by Crippen LogP contribution is -2.20. The average Bonchev–Trinajstić information content (AvgIpc) is 3.40. The van der Waals surface area contributed by atoms with Crippen LogP contribution < -0.4 is 21.7 Å². The number of hydrogen-bond donors (Lipinski definition) is 4. The van der Waals surface area contributed by atoms with Gasteiger partial charge in [0.15, 0.2) is 11.1 Å². The Morgan fingerprint density at radius 1 is 1.34 bits per heavy atom. The predicted octanol–water partition coefficient (Wildman–Crippen LogP) is 0.365. The van der Waals surface area contributed by atoms with Gasteiger partial charge in [0.25, 0.3) is 0 Å². The van der Waals surface area contributed by atoms with Crippen molar-refractivity contribution < 1.29 is 9.90 Å². The van der Waals surface area contributed by atoms with Crippen molar-refractivity contribution in [1.29, 1.82) is 0 Å². The number of aromatic hydroxyl groups is 1. The molecule has 0 saturated heterocycles. The maximum Gasteiger partial charge on any atom is 0.326 e. The van der Waals surface area contributed by atoms with E-state index in [2.05, 4.69) is 20.4 Å². The number of aromatic nitrogens is 5. The Labute approximate surface area is 181 Å². The van der Waals surface area contributed by atoms with E-state index in [-0.39, 0.29) is 23.5 Å². The smallest absolute Gasteiger partial charge is 0.326 e. The normalized spacial score (nSPS) is 14.9. The van der Waals surface area contributed by atoms with Crippen LogP contribution in [0.1, 0.15) is 31.0 Å². The van der Waals surface area contributed by atoms with Crippen molar-refractivity contribution in [2.45, 2.75) is 32.4 Å². The minimum Gasteiger partial charge on any atom is -0.493 e. The lowest BCUT2D eigenvalue weighted by molar-refractivity contribution is -0.119. The van der Waals surface area contributed by atoms with Crippen molar-refractivity contribution >= 4 is 17.6 Å². The SMILES string of the molecule is CC(=O)NCc1cccc(-c2cc(=NC3CC3)n3ncc(=Cc4[nH]c(=O)[nH]c4O)c3n2)c1. The van der Waals surface area contributed by atoms with Crippen LogP contribution in [0, 0.1) is 0 Å². The van der Waals surface area contributed by atoms with Crippen LogP contribution in [0.15, 0.2) is 46.3 Å². The van der Waals surface area contributed by atoms with E-state index in [0.29, 0.717) is 28.6 Å². The standard InChI is InChI=1S/C22H21N7O3/c1-12(30)23-10-13-3-2-4-14(7-13)17-9-19(25-16-5-6-16)29-20(26-17)15(11-24-29)8-18-21(31)28-22(32)27-18/h2-4,7-9,11,16,31H,5-6,10H2,1H3,(H,23,30)(H2,27,28,32). The second-order valence-electron chi connectivity index (χ2n) is 7.79. The molecule has 1 aliphatic rings. The Morgan fingerprint density at radius 3 is 2.91 bits per heavy atom. The third kappa shape index (κ3) is 4.02. The maximum atomic E-state index is 11.5. The molecule has 10 nitrogen and oxygen atoms in total. The first-order chi connectivity index (χ1) is 15.5. The molecular weight excluding hydrogens is 410 g/mol. The molecule has 4 aromatic rings. The zero-order valence-electron chi connectivity index (χ0n) is 17.3. The van der Waals surface area contributed by atoms with Crippen molar-refractivity contribution in [3.8, 4) is 17.1 Å². The highest BCUT2D eigenvalue weighted by atomic mass is 16.3. The summed E-state index contributed by atoms with van der Waals surface area (Å²) in [7, 11) is 0. The van der Waals surface area contributed by atoms with Gasteiger partial charge in [-0.2, -0.15) is 9.61 Å². The molecular formula is C22H21N7O3. The maximum absolute atomic E-state index is 11.5. The Morgan fingerprint density at radius 2 is 2.19 bits per heavy atom. The minimum atomic E-state index is -0.501. The van der Waals surface area contributed by atoms with E-state index in [9.17, 15) is 14.7 Å². The summed E-state index contributed by atoms with van der Waals surface area (Å²) < 4.78 is 1.66. The molecule has 0 radical (unpaired) electrons. The highest BCUT2D eigenvalue weighted by Gasteiger charge is 2.20. The fraction of sp³-hybridized carbons (Fsp3) is 0.227. The molecule has 10 heteroatoms. The number of H-pyrrole nitrogens is 2. The molecule has 1 aliphatic carbocycles. The number of fused-ring (bicyclic) bond motifs is 1. The van der Waals surface area contributed by atoms with Gasteiger partial charge in [-0.1, -0.05) is 18.2 Å². The van der Waals surface area contributed by atoms with Crippen molar-refractivity contribution in [3.05, 3.63) is 69.0 Å². The van der Waals surface area contributed by atoms with E-state index in [0.717, 1.165) is 24.0 Å². The molecule has 3 aromatic heterocycles. The quantitative estimate of drug-likeness (QED) is 0.361. The average molecular weight is 431 g/mol. The van der Waals surface area contributed by atoms with Crippen LogP contribution in [-0.4, -0.2) is 41.6 Å². The molecule has 1 amide bonds. The molecule has 4 N–H and O–H groups in total. The summed E-state index contributed by atoms with van der Waals surface area (Å²) in [6.45, 7) is 1.91. The predicted molar refractivity (Wildman–Crippen MR) is 116 cm³/mol. The van der Waals surface area contributed by atoms with Gasteiger partial charge in [-0.05, 0) is 30.5 Å². The molecule has 162 valence electrons. The number of hydrogen-bond acceptors (Lipinski definition) is 6. The van der Waals surface area contributed by atoms with Crippen LogP contribution >= 0.6 is 0 Å². The van der Waals surface area contributed by atoms with E-state index >= 15 is 0 Å². The van der Waals surface area contributed by atoms with E-state index < -0.39 is 5.69 Å². The topological polar surface area (TPSA) is 141 Å². The van der Waals surface area contributed by atoms with Crippen LogP contribution in [0.3, 0.4) is 0 Å². The van der Waals surface area contributed by atoms with Crippen LogP contribution in [0.4, 0.5) is 0 Å². The summed E-state index contributed by atoms with van der Waals surface area (Å²) in [5.74, 6) is -0.343. The Bertz CT molecular complexity index is 1510. The molecule has 0 aliphatic heterocycles. The number of nitrogens with one attached hydrogen (secondary N) is 3. The molecule has 32 heavy (non-hydrogen) atoms. The minimum absolute atomic E-state index is 0.0917. The van der Waals surface area contributed by atoms with Crippen molar-refractivity contribution in [2.24, 2.45) is 4.99 Å². The largest absolute Gasteiger partial charge is 0.493 e. The third-order valence-corrected chi connectivity index (χ3v) is 5.14. The number of benzene rings is 1. The first-order valence-corrected chi connectivity index (χ1v) is 10.3. The van der Waals surface area contributed by atoms with Gasteiger partial charge >= 0.3 is 5.69 Å². The zero-order chi connectivity index (χ0) is 22.2. The Hall–Kier alpha value is -4.21. The molecule has 1 fully saturated rings. The van der Waals surface area contributed by atoms with E-state index in [1.807, 2.05) is 30.3 Å². The van der Waals surface area contributed by atoms with Crippen LogP contribution in [0.5, 0.6) is 5.88 Å². The van der Waals surface area contributed by atoms with Crippen molar-refractivity contribution in [3.63, 3.8) is 0 Å². The second kappa shape index (κ2) is 7.80. The molecule has 0 atom stereocenters. The number of nitrogens with zero attached hydrogens (tertiary/aromatic N) is 4. The molecule has 1 aromatic carbocycles. The van der Waals surface area contributed by atoms with Gasteiger partial charge in [-0.15, -0.1) is 0 Å². The summed E-state index contributed by atoms with van der Waals surface area (Å²) >= 11 is 0. The zero-order valence-corrected chi connectivity index (χ0v) is 17.3. The van der Waals surface area contributed by atoms with Gasteiger partial charge in [-0.3, -0.25) is 14.8 Å². The highest BCUT2D eigenvalue weighted by Crippen LogP contribution is 2.23. The lowest BCUT2D eigenvalue weighted by atomic mass is 10.1. The first-order valence-electron chi connectivity index (χ1n) is 10.3. The number of amides is 1. The summed E-state index contributed by atoms with van der Waals surface area (Å²) in [5.41, 5.74) is 3.53. The van der Waals surface area contributed by atoms with Crippen molar-refractivity contribution in [1.82, 2.24) is 29.9 Å². The first kappa shape index (κ1) is 19.7. The van der Waals surface area contributed by atoms with Gasteiger partial charge in [-0.25, -0.2) is 9.78 Å². The van der Waals surface area contributed by atoms with Gasteiger partial charge < -0.3 is 15.4 Å². The number of aromatic amines is 2. The monoisotopic (exact) mass is 431 g/mol. The number of rotatable bonds is 5. The molecule has 0 unspecified atom stereocenters. The summed E-state index contributed by atoms with van der Waals surface area (Å²) in [6, 6.07) is 9.96. The molecule has 0 bridgehead atoms. The van der Waals surface area contributed by atoms with Gasteiger partial charge in [0, 0.05) is 30.3 Å². The van der Waals surface area contributed by atoms with Crippen LogP contribution in [0.25, 0.3) is 23.0 Å². The number of carbonyl (C=O) groups excluding carboxylic acids is 1. The van der Waals surface area contributed by atoms with Gasteiger partial charge in [0.1, 0.15) is 5.69 Å². The number of carbonyl (C=O) groups is 1.